The molecular formula is C11H11FN4. The van der Waals surface area contributed by atoms with E-state index in [4.69, 9.17) is 5.73 Å². The van der Waals surface area contributed by atoms with Crippen LogP contribution in [0.2, 0.25) is 0 Å². The lowest BCUT2D eigenvalue weighted by Gasteiger charge is -2.06. The van der Waals surface area contributed by atoms with Gasteiger partial charge in [-0.3, -0.25) is 0 Å². The fraction of sp³-hybridized carbons (Fsp3) is 0.0909. The lowest BCUT2D eigenvalue weighted by Crippen LogP contribution is -1.99. The zero-order chi connectivity index (χ0) is 11.5. The highest BCUT2D eigenvalue weighted by Crippen LogP contribution is 2.17. The number of benzene rings is 1. The van der Waals surface area contributed by atoms with Crippen LogP contribution in [-0.2, 0) is 0 Å². The Morgan fingerprint density at radius 3 is 2.81 bits per heavy atom. The normalized spacial score (nSPS) is 10.1. The molecule has 16 heavy (non-hydrogen) atoms. The van der Waals surface area contributed by atoms with Gasteiger partial charge in [-0.15, -0.1) is 0 Å². The molecule has 82 valence electrons. The van der Waals surface area contributed by atoms with E-state index in [0.717, 1.165) is 5.69 Å². The van der Waals surface area contributed by atoms with Crippen molar-refractivity contribution < 1.29 is 4.39 Å². The molecule has 2 rings (SSSR count). The van der Waals surface area contributed by atoms with Crippen molar-refractivity contribution in [2.75, 3.05) is 11.1 Å². The number of anilines is 3. The molecule has 0 spiro atoms. The summed E-state index contributed by atoms with van der Waals surface area (Å²) in [6.45, 7) is 1.70. The van der Waals surface area contributed by atoms with Crippen molar-refractivity contribution in [3.63, 3.8) is 0 Å². The Hall–Kier alpha value is -2.17. The Bertz CT molecular complexity index is 513. The molecule has 0 unspecified atom stereocenters. The molecule has 0 fully saturated rings. The van der Waals surface area contributed by atoms with Crippen LogP contribution in [0.25, 0.3) is 0 Å². The second-order valence-corrected chi connectivity index (χ2v) is 3.39. The molecule has 0 aliphatic carbocycles. The predicted octanol–water partition coefficient (Wildman–Crippen LogP) is 2.25. The molecule has 4 nitrogen and oxygen atoms in total. The van der Waals surface area contributed by atoms with E-state index in [2.05, 4.69) is 15.3 Å². The average Bonchev–Trinajstić information content (AvgIpc) is 2.24. The Morgan fingerprint density at radius 2 is 2.12 bits per heavy atom. The minimum atomic E-state index is -0.229. The summed E-state index contributed by atoms with van der Waals surface area (Å²) in [6, 6.07) is 6.44. The van der Waals surface area contributed by atoms with Gasteiger partial charge >= 0.3 is 0 Å². The maximum atomic E-state index is 13.0. The first-order valence-corrected chi connectivity index (χ1v) is 4.77. The molecule has 1 aromatic carbocycles. The minimum Gasteiger partial charge on any atom is -0.368 e. The number of aryl methyl sites for hydroxylation is 1. The summed E-state index contributed by atoms with van der Waals surface area (Å²) < 4.78 is 13.0. The van der Waals surface area contributed by atoms with E-state index in [1.807, 2.05) is 0 Å². The highest BCUT2D eigenvalue weighted by Gasteiger charge is 2.00. The first-order chi connectivity index (χ1) is 7.65. The highest BCUT2D eigenvalue weighted by atomic mass is 19.1. The van der Waals surface area contributed by atoms with E-state index in [9.17, 15) is 4.39 Å². The van der Waals surface area contributed by atoms with Gasteiger partial charge in [0.15, 0.2) is 0 Å². The lowest BCUT2D eigenvalue weighted by molar-refractivity contribution is 0.619. The number of nitrogen functional groups attached to an aromatic ring is 1. The van der Waals surface area contributed by atoms with Crippen LogP contribution in [0.3, 0.4) is 0 Å². The smallest absolute Gasteiger partial charge is 0.221 e. The number of hydrogen-bond donors (Lipinski definition) is 2. The van der Waals surface area contributed by atoms with Gasteiger partial charge in [-0.2, -0.15) is 4.98 Å². The number of rotatable bonds is 2. The number of nitrogens with two attached hydrogens (primary N) is 1. The van der Waals surface area contributed by atoms with Gasteiger partial charge in [0.2, 0.25) is 5.95 Å². The van der Waals surface area contributed by atoms with Crippen LogP contribution in [0.5, 0.6) is 0 Å². The lowest BCUT2D eigenvalue weighted by atomic mass is 10.2. The van der Waals surface area contributed by atoms with E-state index >= 15 is 0 Å². The standard InChI is InChI=1S/C11H11FN4/c1-7-6-8(2-3-9(7)12)15-10-4-5-14-11(13)16-10/h2-6H,1H3,(H3,13,14,15,16). The maximum Gasteiger partial charge on any atom is 0.221 e. The third-order valence-electron chi connectivity index (χ3n) is 2.10. The van der Waals surface area contributed by atoms with Gasteiger partial charge < -0.3 is 11.1 Å². The quantitative estimate of drug-likeness (QED) is 0.811. The summed E-state index contributed by atoms with van der Waals surface area (Å²) in [4.78, 5) is 7.76. The summed E-state index contributed by atoms with van der Waals surface area (Å²) >= 11 is 0. The zero-order valence-electron chi connectivity index (χ0n) is 8.74. The van der Waals surface area contributed by atoms with Gasteiger partial charge in [-0.1, -0.05) is 0 Å². The minimum absolute atomic E-state index is 0.198. The van der Waals surface area contributed by atoms with Gasteiger partial charge in [0.05, 0.1) is 0 Å². The van der Waals surface area contributed by atoms with Crippen molar-refractivity contribution >= 4 is 17.5 Å². The van der Waals surface area contributed by atoms with Crippen molar-refractivity contribution in [1.82, 2.24) is 9.97 Å². The molecule has 0 atom stereocenters. The Kier molecular flexibility index (Phi) is 2.68. The average molecular weight is 218 g/mol. The fourth-order valence-electron chi connectivity index (χ4n) is 1.31. The largest absolute Gasteiger partial charge is 0.368 e. The van der Waals surface area contributed by atoms with Crippen molar-refractivity contribution in [2.24, 2.45) is 0 Å². The number of halogens is 1. The summed E-state index contributed by atoms with van der Waals surface area (Å²) in [7, 11) is 0. The van der Waals surface area contributed by atoms with E-state index in [0.29, 0.717) is 11.4 Å². The molecule has 0 bridgehead atoms. The van der Waals surface area contributed by atoms with Crippen molar-refractivity contribution in [1.29, 1.82) is 0 Å². The fourth-order valence-corrected chi connectivity index (χ4v) is 1.31. The Balaban J connectivity index is 2.24. The van der Waals surface area contributed by atoms with E-state index in [1.165, 1.54) is 6.07 Å². The molecule has 0 radical (unpaired) electrons. The molecule has 0 amide bonds. The van der Waals surface area contributed by atoms with E-state index in [1.54, 1.807) is 31.3 Å². The molecule has 0 aliphatic rings. The summed E-state index contributed by atoms with van der Waals surface area (Å²) in [6.07, 6.45) is 1.56. The SMILES string of the molecule is Cc1cc(Nc2ccnc(N)n2)ccc1F. The molecule has 2 aromatic rings. The maximum absolute atomic E-state index is 13.0. The van der Waals surface area contributed by atoms with Gasteiger partial charge in [-0.05, 0) is 36.8 Å². The third-order valence-corrected chi connectivity index (χ3v) is 2.10. The van der Waals surface area contributed by atoms with Crippen LogP contribution >= 0.6 is 0 Å². The molecule has 0 saturated carbocycles. The predicted molar refractivity (Wildman–Crippen MR) is 60.9 cm³/mol. The zero-order valence-corrected chi connectivity index (χ0v) is 8.74. The molecule has 3 N–H and O–H groups in total. The first-order valence-electron chi connectivity index (χ1n) is 4.77. The third kappa shape index (κ3) is 2.25. The topological polar surface area (TPSA) is 63.8 Å². The molecule has 0 saturated heterocycles. The number of nitrogens with zero attached hydrogens (tertiary/aromatic N) is 2. The van der Waals surface area contributed by atoms with Crippen molar-refractivity contribution in [3.8, 4) is 0 Å². The Morgan fingerprint density at radius 1 is 1.31 bits per heavy atom. The van der Waals surface area contributed by atoms with Crippen molar-refractivity contribution in [3.05, 3.63) is 41.8 Å². The van der Waals surface area contributed by atoms with E-state index in [-0.39, 0.29) is 11.8 Å². The number of nitrogens with one attached hydrogen (secondary N) is 1. The first kappa shape index (κ1) is 10.4. The van der Waals surface area contributed by atoms with Gasteiger partial charge in [-0.25, -0.2) is 9.37 Å². The summed E-state index contributed by atoms with van der Waals surface area (Å²) in [5.74, 6) is 0.551. The van der Waals surface area contributed by atoms with Gasteiger partial charge in [0.25, 0.3) is 0 Å². The highest BCUT2D eigenvalue weighted by molar-refractivity contribution is 5.57. The molecule has 1 heterocycles. The second-order valence-electron chi connectivity index (χ2n) is 3.39. The number of hydrogen-bond acceptors (Lipinski definition) is 4. The van der Waals surface area contributed by atoms with Crippen LogP contribution < -0.4 is 11.1 Å². The van der Waals surface area contributed by atoms with Crippen LogP contribution in [0, 0.1) is 12.7 Å². The molecule has 5 heteroatoms. The summed E-state index contributed by atoms with van der Waals surface area (Å²) in [5.41, 5.74) is 6.78. The summed E-state index contributed by atoms with van der Waals surface area (Å²) in [5, 5.41) is 3.02. The van der Waals surface area contributed by atoms with Crippen LogP contribution in [0.15, 0.2) is 30.5 Å². The molecule has 1 aromatic heterocycles. The second kappa shape index (κ2) is 4.14. The monoisotopic (exact) mass is 218 g/mol. The Labute approximate surface area is 92.3 Å². The number of aromatic nitrogens is 2. The molecule has 0 aliphatic heterocycles. The van der Waals surface area contributed by atoms with Gasteiger partial charge in [0, 0.05) is 11.9 Å². The van der Waals surface area contributed by atoms with Gasteiger partial charge in [0.1, 0.15) is 11.6 Å². The van der Waals surface area contributed by atoms with Crippen LogP contribution in [0.4, 0.5) is 21.8 Å². The van der Waals surface area contributed by atoms with Crippen LogP contribution in [-0.4, -0.2) is 9.97 Å². The van der Waals surface area contributed by atoms with Crippen molar-refractivity contribution in [2.45, 2.75) is 6.92 Å². The van der Waals surface area contributed by atoms with Crippen LogP contribution in [0.1, 0.15) is 5.56 Å². The molecular weight excluding hydrogens is 207 g/mol. The van der Waals surface area contributed by atoms with E-state index < -0.39 is 0 Å².